The van der Waals surface area contributed by atoms with Gasteiger partial charge in [-0.15, -0.1) is 0 Å². The van der Waals surface area contributed by atoms with Crippen LogP contribution in [0.2, 0.25) is 0 Å². The molecule has 0 aliphatic heterocycles. The first-order chi connectivity index (χ1) is 14.4. The fraction of sp³-hybridized carbons (Fsp3) is 0.111. The first-order valence-electron chi connectivity index (χ1n) is 10.3. The fourth-order valence-electron chi connectivity index (χ4n) is 3.91. The molecule has 3 heteroatoms. The summed E-state index contributed by atoms with van der Waals surface area (Å²) in [6.07, 6.45) is 3.84. The zero-order valence-corrected chi connectivity index (χ0v) is 20.5. The molecule has 0 nitrogen and oxygen atoms in total. The molecule has 0 N–H and O–H groups in total. The molecule has 0 heterocycles. The summed E-state index contributed by atoms with van der Waals surface area (Å²) in [6.45, 7) is 0. The summed E-state index contributed by atoms with van der Waals surface area (Å²) < 4.78 is 0. The van der Waals surface area contributed by atoms with Crippen LogP contribution < -0.4 is 21.2 Å². The average Bonchev–Trinajstić information content (AvgIpc) is 2.81. The van der Waals surface area contributed by atoms with Crippen LogP contribution in [0.25, 0.3) is 0 Å². The molecule has 4 rings (SSSR count). The monoisotopic (exact) mass is 520 g/mol. The predicted molar refractivity (Wildman–Crippen MR) is 135 cm³/mol. The zero-order chi connectivity index (χ0) is 19.7. The molecule has 0 aromatic heterocycles. The fourth-order valence-corrected chi connectivity index (χ4v) is 9.52. The van der Waals surface area contributed by atoms with Gasteiger partial charge in [-0.05, 0) is 48.5 Å². The Labute approximate surface area is 196 Å². The maximum absolute atomic E-state index is 2.32. The second-order valence-corrected chi connectivity index (χ2v) is 12.5. The van der Waals surface area contributed by atoms with E-state index in [1.807, 2.05) is 0 Å². The molecule has 4 aromatic rings. The van der Waals surface area contributed by atoms with Gasteiger partial charge in [-0.25, -0.2) is 0 Å². The quantitative estimate of drug-likeness (QED) is 0.224. The molecule has 4 aromatic carbocycles. The normalized spacial score (nSPS) is 10.7. The minimum Gasteiger partial charge on any atom is -0.0620 e. The van der Waals surface area contributed by atoms with Gasteiger partial charge in [0.1, 0.15) is 0 Å². The van der Waals surface area contributed by atoms with Crippen LogP contribution in [0.3, 0.4) is 0 Å². The van der Waals surface area contributed by atoms with Gasteiger partial charge in [0.25, 0.3) is 0 Å². The van der Waals surface area contributed by atoms with E-state index in [0.29, 0.717) is 0 Å². The number of rotatable bonds is 8. The SMILES string of the molecule is [Pd].c1ccc([PH+](CCC[PH+](c2ccccc2)c2ccccc2)c2ccccc2)cc1. The summed E-state index contributed by atoms with van der Waals surface area (Å²) in [5, 5.41) is 6.10. The molecule has 0 atom stereocenters. The average molecular weight is 521 g/mol. The molecule has 0 spiro atoms. The van der Waals surface area contributed by atoms with Crippen molar-refractivity contribution in [3.8, 4) is 0 Å². The van der Waals surface area contributed by atoms with Crippen LogP contribution >= 0.6 is 15.8 Å². The van der Waals surface area contributed by atoms with E-state index in [0.717, 1.165) is 0 Å². The second-order valence-electron chi connectivity index (χ2n) is 7.27. The molecule has 0 radical (unpaired) electrons. The van der Waals surface area contributed by atoms with E-state index in [1.165, 1.54) is 40.0 Å². The molecule has 0 aliphatic rings. The van der Waals surface area contributed by atoms with Crippen LogP contribution in [0.5, 0.6) is 0 Å². The van der Waals surface area contributed by atoms with Gasteiger partial charge in [-0.2, -0.15) is 0 Å². The van der Waals surface area contributed by atoms with Crippen molar-refractivity contribution in [2.75, 3.05) is 12.3 Å². The van der Waals surface area contributed by atoms with Crippen molar-refractivity contribution < 1.29 is 20.4 Å². The third-order valence-corrected chi connectivity index (χ3v) is 11.2. The van der Waals surface area contributed by atoms with E-state index in [4.69, 9.17) is 0 Å². The topological polar surface area (TPSA) is 0 Å². The van der Waals surface area contributed by atoms with Crippen LogP contribution in [0.15, 0.2) is 121 Å². The van der Waals surface area contributed by atoms with Crippen LogP contribution in [0.4, 0.5) is 0 Å². The first kappa shape index (κ1) is 23.1. The van der Waals surface area contributed by atoms with E-state index >= 15 is 0 Å². The predicted octanol–water partition coefficient (Wildman–Crippen LogP) is 5.10. The summed E-state index contributed by atoms with van der Waals surface area (Å²) >= 11 is 0. The summed E-state index contributed by atoms with van der Waals surface area (Å²) in [6, 6.07) is 44.6. The van der Waals surface area contributed by atoms with E-state index < -0.39 is 15.8 Å². The first-order valence-corrected chi connectivity index (χ1v) is 13.8. The third-order valence-electron chi connectivity index (χ3n) is 5.34. The molecular weight excluding hydrogens is 493 g/mol. The van der Waals surface area contributed by atoms with Crippen LogP contribution in [0.1, 0.15) is 6.42 Å². The molecular formula is C27H28P2Pd+2. The molecule has 154 valence electrons. The second kappa shape index (κ2) is 12.3. The van der Waals surface area contributed by atoms with Gasteiger partial charge >= 0.3 is 0 Å². The number of hydrogen-bond acceptors (Lipinski definition) is 0. The Balaban J connectivity index is 0.00000256. The van der Waals surface area contributed by atoms with Crippen molar-refractivity contribution >= 4 is 37.1 Å². The minimum absolute atomic E-state index is 0. The molecule has 0 fully saturated rings. The van der Waals surface area contributed by atoms with Crippen molar-refractivity contribution in [1.82, 2.24) is 0 Å². The molecule has 0 aliphatic carbocycles. The number of benzene rings is 4. The van der Waals surface area contributed by atoms with Crippen molar-refractivity contribution in [2.24, 2.45) is 0 Å². The van der Waals surface area contributed by atoms with Gasteiger partial charge in [-0.1, -0.05) is 72.8 Å². The van der Waals surface area contributed by atoms with Crippen molar-refractivity contribution in [3.05, 3.63) is 121 Å². The van der Waals surface area contributed by atoms with E-state index in [9.17, 15) is 0 Å². The standard InChI is InChI=1S/C27H26P2.Pd/c1-5-14-24(15-6-1)28(25-16-7-2-8-17-25)22-13-23-29(26-18-9-3-10-19-26)27-20-11-4-12-21-27;/h1-12,14-21H,13,22-23H2;/p+2. The van der Waals surface area contributed by atoms with Gasteiger partial charge in [0, 0.05) is 26.8 Å². The van der Waals surface area contributed by atoms with Gasteiger partial charge in [0.05, 0.1) is 49.4 Å². The summed E-state index contributed by atoms with van der Waals surface area (Å²) in [4.78, 5) is 0. The van der Waals surface area contributed by atoms with Gasteiger partial charge in [-0.3, -0.25) is 0 Å². The van der Waals surface area contributed by atoms with Crippen molar-refractivity contribution in [2.45, 2.75) is 6.42 Å². The Bertz CT molecular complexity index is 814. The Morgan fingerprint density at radius 1 is 0.367 bits per heavy atom. The van der Waals surface area contributed by atoms with E-state index in [2.05, 4.69) is 121 Å². The number of hydrogen-bond donors (Lipinski definition) is 0. The molecule has 0 amide bonds. The molecule has 0 bridgehead atoms. The minimum atomic E-state index is -0.742. The molecule has 0 saturated carbocycles. The smallest absolute Gasteiger partial charge is 0.0620 e. The zero-order valence-electron chi connectivity index (χ0n) is 17.0. The van der Waals surface area contributed by atoms with E-state index in [-0.39, 0.29) is 20.4 Å². The molecule has 0 saturated heterocycles. The summed E-state index contributed by atoms with van der Waals surface area (Å²) in [5.41, 5.74) is 0. The Morgan fingerprint density at radius 3 is 0.833 bits per heavy atom. The molecule has 0 unspecified atom stereocenters. The maximum atomic E-state index is 2.32. The van der Waals surface area contributed by atoms with Crippen LogP contribution in [0, 0.1) is 0 Å². The van der Waals surface area contributed by atoms with Crippen molar-refractivity contribution in [3.63, 3.8) is 0 Å². The van der Waals surface area contributed by atoms with E-state index in [1.54, 1.807) is 0 Å². The maximum Gasteiger partial charge on any atom is 0.0966 e. The van der Waals surface area contributed by atoms with Crippen molar-refractivity contribution in [1.29, 1.82) is 0 Å². The van der Waals surface area contributed by atoms with Gasteiger partial charge < -0.3 is 0 Å². The van der Waals surface area contributed by atoms with Gasteiger partial charge in [0.15, 0.2) is 0 Å². The summed E-state index contributed by atoms with van der Waals surface area (Å²) in [5.74, 6) is 0. The Kier molecular flexibility index (Phi) is 9.46. The van der Waals surface area contributed by atoms with Crippen LogP contribution in [-0.2, 0) is 20.4 Å². The Hall–Kier alpha value is -1.60. The third kappa shape index (κ3) is 6.20. The van der Waals surface area contributed by atoms with Gasteiger partial charge in [0.2, 0.25) is 0 Å². The van der Waals surface area contributed by atoms with Crippen LogP contribution in [-0.4, -0.2) is 12.3 Å². The summed E-state index contributed by atoms with van der Waals surface area (Å²) in [7, 11) is -1.48. The Morgan fingerprint density at radius 2 is 0.600 bits per heavy atom. The largest absolute Gasteiger partial charge is 0.0966 e. The molecule has 30 heavy (non-hydrogen) atoms.